The van der Waals surface area contributed by atoms with Gasteiger partial charge in [-0.25, -0.2) is 4.79 Å². The van der Waals surface area contributed by atoms with Crippen LogP contribution in [0.5, 0.6) is 5.75 Å². The summed E-state index contributed by atoms with van der Waals surface area (Å²) >= 11 is 0. The molecule has 7 nitrogen and oxygen atoms in total. The van der Waals surface area contributed by atoms with Crippen LogP contribution in [0.4, 0.5) is 10.5 Å². The van der Waals surface area contributed by atoms with E-state index in [-0.39, 0.29) is 6.03 Å². The minimum atomic E-state index is 0.0844. The Morgan fingerprint density at radius 1 is 1.03 bits per heavy atom. The fourth-order valence-corrected chi connectivity index (χ4v) is 3.22. The zero-order valence-electron chi connectivity index (χ0n) is 17.6. The molecule has 30 heavy (non-hydrogen) atoms. The topological polar surface area (TPSA) is 67.3 Å². The van der Waals surface area contributed by atoms with Crippen LogP contribution in [0.25, 0.3) is 0 Å². The van der Waals surface area contributed by atoms with Gasteiger partial charge in [0.2, 0.25) is 0 Å². The molecule has 0 bridgehead atoms. The Balaban J connectivity index is 1.29. The van der Waals surface area contributed by atoms with Gasteiger partial charge in [0.1, 0.15) is 12.4 Å². The van der Waals surface area contributed by atoms with Crippen LogP contribution in [0.1, 0.15) is 38.2 Å². The molecule has 1 aromatic heterocycles. The number of urea groups is 1. The van der Waals surface area contributed by atoms with Crippen LogP contribution in [0.2, 0.25) is 0 Å². The summed E-state index contributed by atoms with van der Waals surface area (Å²) in [5, 5.41) is 3.92. The van der Waals surface area contributed by atoms with Crippen LogP contribution in [-0.2, 0) is 4.84 Å². The van der Waals surface area contributed by atoms with Gasteiger partial charge in [-0.1, -0.05) is 12.1 Å². The number of hydrogen-bond acceptors (Lipinski definition) is 5. The zero-order valence-corrected chi connectivity index (χ0v) is 17.6. The number of oxime groups is 1. The number of rotatable bonds is 12. The van der Waals surface area contributed by atoms with E-state index in [0.717, 1.165) is 62.3 Å². The highest BCUT2D eigenvalue weighted by molar-refractivity contribution is 5.94. The van der Waals surface area contributed by atoms with Crippen LogP contribution in [0.15, 0.2) is 53.9 Å². The highest BCUT2D eigenvalue weighted by Crippen LogP contribution is 2.19. The number of ether oxygens (including phenoxy) is 1. The quantitative estimate of drug-likeness (QED) is 0.297. The predicted octanol–water partition coefficient (Wildman–Crippen LogP) is 4.33. The molecule has 2 heterocycles. The van der Waals surface area contributed by atoms with Gasteiger partial charge in [-0.3, -0.25) is 9.88 Å². The molecule has 3 rings (SSSR count). The summed E-state index contributed by atoms with van der Waals surface area (Å²) in [5.74, 6) is 0.851. The lowest BCUT2D eigenvalue weighted by molar-refractivity contribution is 0.146. The van der Waals surface area contributed by atoms with Crippen molar-refractivity contribution in [2.24, 2.45) is 5.16 Å². The maximum absolute atomic E-state index is 12.5. The smallest absolute Gasteiger partial charge is 0.324 e. The third-order valence-electron chi connectivity index (χ3n) is 4.86. The molecule has 0 radical (unpaired) electrons. The minimum Gasteiger partial charge on any atom is -0.494 e. The number of unbranched alkanes of at least 4 members (excludes halogenated alkanes) is 2. The van der Waals surface area contributed by atoms with E-state index in [9.17, 15) is 4.79 Å². The van der Waals surface area contributed by atoms with Gasteiger partial charge < -0.3 is 14.5 Å². The van der Waals surface area contributed by atoms with Gasteiger partial charge in [-0.2, -0.15) is 0 Å². The second-order valence-corrected chi connectivity index (χ2v) is 7.17. The van der Waals surface area contributed by atoms with Crippen LogP contribution < -0.4 is 9.64 Å². The SMILES string of the molecule is CCCO/N=C/c1ccc(OCCCCCN2CCN(c3ccncc3)C2=O)cc1. The number of pyridine rings is 1. The lowest BCUT2D eigenvalue weighted by Gasteiger charge is -2.18. The molecule has 0 N–H and O–H groups in total. The van der Waals surface area contributed by atoms with E-state index >= 15 is 0 Å². The van der Waals surface area contributed by atoms with Crippen molar-refractivity contribution in [3.8, 4) is 5.75 Å². The number of carbonyl (C=O) groups is 1. The van der Waals surface area contributed by atoms with Gasteiger partial charge in [0.15, 0.2) is 0 Å². The molecule has 1 saturated heterocycles. The highest BCUT2D eigenvalue weighted by atomic mass is 16.6. The molecule has 160 valence electrons. The number of anilines is 1. The first kappa shape index (κ1) is 21.6. The first-order valence-corrected chi connectivity index (χ1v) is 10.6. The Morgan fingerprint density at radius 2 is 1.83 bits per heavy atom. The van der Waals surface area contributed by atoms with Crippen LogP contribution in [-0.4, -0.2) is 55.0 Å². The second-order valence-electron chi connectivity index (χ2n) is 7.17. The maximum Gasteiger partial charge on any atom is 0.324 e. The fourth-order valence-electron chi connectivity index (χ4n) is 3.22. The highest BCUT2D eigenvalue weighted by Gasteiger charge is 2.28. The van der Waals surface area contributed by atoms with Crippen molar-refractivity contribution < 1.29 is 14.4 Å². The lowest BCUT2D eigenvalue weighted by atomic mass is 10.2. The maximum atomic E-state index is 12.5. The van der Waals surface area contributed by atoms with Crippen molar-refractivity contribution in [3.63, 3.8) is 0 Å². The van der Waals surface area contributed by atoms with E-state index in [2.05, 4.69) is 10.1 Å². The predicted molar refractivity (Wildman–Crippen MR) is 118 cm³/mol. The van der Waals surface area contributed by atoms with Crippen LogP contribution in [0, 0.1) is 0 Å². The Bertz CT molecular complexity index is 796. The van der Waals surface area contributed by atoms with E-state index in [1.807, 2.05) is 53.1 Å². The third-order valence-corrected chi connectivity index (χ3v) is 4.86. The molecule has 0 spiro atoms. The molecular weight excluding hydrogens is 380 g/mol. The molecule has 1 fully saturated rings. The van der Waals surface area contributed by atoms with Gasteiger partial charge in [0.05, 0.1) is 12.8 Å². The van der Waals surface area contributed by atoms with Crippen molar-refractivity contribution in [1.82, 2.24) is 9.88 Å². The molecular formula is C23H30N4O3. The van der Waals surface area contributed by atoms with E-state index in [4.69, 9.17) is 9.57 Å². The zero-order chi connectivity index (χ0) is 21.0. The largest absolute Gasteiger partial charge is 0.494 e. The number of aromatic nitrogens is 1. The van der Waals surface area contributed by atoms with E-state index in [1.165, 1.54) is 0 Å². The summed E-state index contributed by atoms with van der Waals surface area (Å²) < 4.78 is 5.80. The van der Waals surface area contributed by atoms with Gasteiger partial charge in [-0.15, -0.1) is 0 Å². The Hall–Kier alpha value is -3.09. The van der Waals surface area contributed by atoms with Crippen LogP contribution >= 0.6 is 0 Å². The molecule has 1 aliphatic heterocycles. The molecule has 0 aliphatic carbocycles. The van der Waals surface area contributed by atoms with Crippen molar-refractivity contribution in [2.45, 2.75) is 32.6 Å². The average molecular weight is 411 g/mol. The first-order valence-electron chi connectivity index (χ1n) is 10.6. The third kappa shape index (κ3) is 6.47. The molecule has 7 heteroatoms. The Labute approximate surface area is 178 Å². The van der Waals surface area contributed by atoms with Gasteiger partial charge in [-0.05, 0) is 67.6 Å². The van der Waals surface area contributed by atoms with Gasteiger partial charge >= 0.3 is 6.03 Å². The fraction of sp³-hybridized carbons (Fsp3) is 0.435. The molecule has 1 aliphatic rings. The molecule has 1 aromatic carbocycles. The lowest BCUT2D eigenvalue weighted by Crippen LogP contribution is -2.32. The molecule has 0 unspecified atom stereocenters. The summed E-state index contributed by atoms with van der Waals surface area (Å²) in [4.78, 5) is 25.4. The second kappa shape index (κ2) is 11.8. The Morgan fingerprint density at radius 3 is 2.60 bits per heavy atom. The number of benzene rings is 1. The monoisotopic (exact) mass is 410 g/mol. The first-order chi connectivity index (χ1) is 14.8. The summed E-state index contributed by atoms with van der Waals surface area (Å²) in [6.07, 6.45) is 9.05. The summed E-state index contributed by atoms with van der Waals surface area (Å²) in [5.41, 5.74) is 1.89. The van der Waals surface area contributed by atoms with Gasteiger partial charge in [0.25, 0.3) is 0 Å². The standard InChI is InChI=1S/C23H30N4O3/c1-2-17-30-25-19-20-6-8-22(9-7-20)29-18-5-3-4-14-26-15-16-27(23(26)28)21-10-12-24-13-11-21/h6-13,19H,2-5,14-18H2,1H3/b25-19+. The average Bonchev–Trinajstić information content (AvgIpc) is 3.15. The summed E-state index contributed by atoms with van der Waals surface area (Å²) in [7, 11) is 0. The van der Waals surface area contributed by atoms with Crippen molar-refractivity contribution in [1.29, 1.82) is 0 Å². The van der Waals surface area contributed by atoms with Gasteiger partial charge in [0, 0.05) is 37.7 Å². The normalized spacial score (nSPS) is 14.0. The van der Waals surface area contributed by atoms with E-state index in [0.29, 0.717) is 13.2 Å². The molecule has 0 saturated carbocycles. The van der Waals surface area contributed by atoms with E-state index < -0.39 is 0 Å². The molecule has 2 amide bonds. The van der Waals surface area contributed by atoms with Crippen LogP contribution in [0.3, 0.4) is 0 Å². The number of carbonyl (C=O) groups excluding carboxylic acids is 1. The molecule has 0 atom stereocenters. The van der Waals surface area contributed by atoms with Crippen molar-refractivity contribution in [2.75, 3.05) is 37.7 Å². The number of hydrogen-bond donors (Lipinski definition) is 0. The number of amides is 2. The van der Waals surface area contributed by atoms with Crippen molar-refractivity contribution >= 4 is 17.9 Å². The minimum absolute atomic E-state index is 0.0844. The Kier molecular flexibility index (Phi) is 8.50. The van der Waals surface area contributed by atoms with E-state index in [1.54, 1.807) is 18.6 Å². The molecule has 2 aromatic rings. The summed E-state index contributed by atoms with van der Waals surface area (Å²) in [6.45, 7) is 5.64. The number of nitrogens with zero attached hydrogens (tertiary/aromatic N) is 4. The van der Waals surface area contributed by atoms with Crippen molar-refractivity contribution in [3.05, 3.63) is 54.4 Å². The summed E-state index contributed by atoms with van der Waals surface area (Å²) in [6, 6.07) is 11.6.